The van der Waals surface area contributed by atoms with Crippen LogP contribution in [0.15, 0.2) is 0 Å². The van der Waals surface area contributed by atoms with Gasteiger partial charge >= 0.3 is 5.97 Å². The number of nitrogens with zero attached hydrogens (tertiary/aromatic N) is 1. The number of hydrogen-bond donors (Lipinski definition) is 0. The molecule has 4 heteroatoms. The summed E-state index contributed by atoms with van der Waals surface area (Å²) < 4.78 is 5.20. The van der Waals surface area contributed by atoms with Crippen molar-refractivity contribution in [3.8, 4) is 0 Å². The molecule has 0 spiro atoms. The lowest BCUT2D eigenvalue weighted by Gasteiger charge is -2.22. The Bertz CT molecular complexity index is 194. The number of carbonyl (C=O) groups excluding carboxylic acids is 2. The zero-order chi connectivity index (χ0) is 10.5. The number of ether oxygens (including phenoxy) is 1. The Morgan fingerprint density at radius 2 is 1.77 bits per heavy atom. The van der Waals surface area contributed by atoms with Crippen molar-refractivity contribution in [3.05, 3.63) is 0 Å². The van der Waals surface area contributed by atoms with Gasteiger partial charge in [-0.15, -0.1) is 0 Å². The SMILES string of the molecule is CCOC(=O)CC(=O)C[N+](C)(C)C. The van der Waals surface area contributed by atoms with Crippen molar-refractivity contribution in [2.75, 3.05) is 34.3 Å². The van der Waals surface area contributed by atoms with E-state index in [1.165, 1.54) is 0 Å². The summed E-state index contributed by atoms with van der Waals surface area (Å²) in [7, 11) is 5.72. The minimum absolute atomic E-state index is 0.0778. The molecule has 0 aromatic heterocycles. The summed E-state index contributed by atoms with van der Waals surface area (Å²) in [5.74, 6) is -0.507. The lowest BCUT2D eigenvalue weighted by atomic mass is 10.2. The predicted octanol–water partition coefficient (Wildman–Crippen LogP) is 0.215. The molecule has 0 fully saturated rings. The largest absolute Gasteiger partial charge is 0.466 e. The smallest absolute Gasteiger partial charge is 0.313 e. The maximum absolute atomic E-state index is 11.2. The maximum atomic E-state index is 11.2. The molecule has 0 unspecified atom stereocenters. The first kappa shape index (κ1) is 12.1. The van der Waals surface area contributed by atoms with Crippen molar-refractivity contribution in [2.24, 2.45) is 0 Å². The number of hydrogen-bond acceptors (Lipinski definition) is 3. The molecule has 4 nitrogen and oxygen atoms in total. The van der Waals surface area contributed by atoms with Crippen LogP contribution in [0.2, 0.25) is 0 Å². The third-order valence-corrected chi connectivity index (χ3v) is 1.30. The van der Waals surface area contributed by atoms with E-state index in [9.17, 15) is 9.59 Å². The summed E-state index contributed by atoms with van der Waals surface area (Å²) in [4.78, 5) is 22.1. The van der Waals surface area contributed by atoms with E-state index in [-0.39, 0.29) is 12.2 Å². The molecule has 0 aliphatic carbocycles. The summed E-state index contributed by atoms with van der Waals surface area (Å²) in [6, 6.07) is 0. The maximum Gasteiger partial charge on any atom is 0.313 e. The zero-order valence-electron chi connectivity index (χ0n) is 8.79. The van der Waals surface area contributed by atoms with Crippen LogP contribution in [0.5, 0.6) is 0 Å². The fourth-order valence-electron chi connectivity index (χ4n) is 0.958. The number of rotatable bonds is 5. The number of likely N-dealkylation sites (N-methyl/N-ethyl adjacent to an activating group) is 1. The molecule has 0 amide bonds. The Morgan fingerprint density at radius 1 is 1.23 bits per heavy atom. The molecule has 0 heterocycles. The molecular weight excluding hydrogens is 170 g/mol. The average molecular weight is 188 g/mol. The summed E-state index contributed by atoms with van der Waals surface area (Å²) in [6.07, 6.45) is -0.108. The second-order valence-corrected chi connectivity index (χ2v) is 3.97. The molecule has 0 rings (SSSR count). The van der Waals surface area contributed by atoms with Gasteiger partial charge in [-0.3, -0.25) is 9.59 Å². The molecule has 0 aromatic carbocycles. The molecule has 0 aliphatic heterocycles. The van der Waals surface area contributed by atoms with Gasteiger partial charge in [-0.1, -0.05) is 0 Å². The second kappa shape index (κ2) is 4.97. The zero-order valence-corrected chi connectivity index (χ0v) is 8.79. The highest BCUT2D eigenvalue weighted by Crippen LogP contribution is 1.95. The molecule has 76 valence electrons. The molecule has 13 heavy (non-hydrogen) atoms. The lowest BCUT2D eigenvalue weighted by Crippen LogP contribution is -2.40. The first-order valence-electron chi connectivity index (χ1n) is 4.33. The first-order chi connectivity index (χ1) is 5.85. The van der Waals surface area contributed by atoms with Gasteiger partial charge in [-0.25, -0.2) is 0 Å². The van der Waals surface area contributed by atoms with Crippen LogP contribution in [-0.4, -0.2) is 50.5 Å². The average Bonchev–Trinajstić information content (AvgIpc) is 1.81. The Hall–Kier alpha value is -0.900. The van der Waals surface area contributed by atoms with Crippen molar-refractivity contribution in [2.45, 2.75) is 13.3 Å². The van der Waals surface area contributed by atoms with E-state index in [0.29, 0.717) is 17.6 Å². The van der Waals surface area contributed by atoms with Crippen molar-refractivity contribution >= 4 is 11.8 Å². The van der Waals surface area contributed by atoms with Crippen molar-refractivity contribution in [1.82, 2.24) is 0 Å². The van der Waals surface area contributed by atoms with Crippen molar-refractivity contribution in [1.29, 1.82) is 0 Å². The van der Waals surface area contributed by atoms with Crippen molar-refractivity contribution in [3.63, 3.8) is 0 Å². The monoisotopic (exact) mass is 188 g/mol. The van der Waals surface area contributed by atoms with Gasteiger partial charge in [-0.05, 0) is 6.92 Å². The summed E-state index contributed by atoms with van der Waals surface area (Å²) >= 11 is 0. The Kier molecular flexibility index (Phi) is 4.62. The molecule has 0 atom stereocenters. The van der Waals surface area contributed by atoms with E-state index in [1.54, 1.807) is 6.92 Å². The quantitative estimate of drug-likeness (QED) is 0.352. The van der Waals surface area contributed by atoms with Gasteiger partial charge in [0.2, 0.25) is 0 Å². The highest BCUT2D eigenvalue weighted by Gasteiger charge is 2.17. The molecule has 0 saturated heterocycles. The highest BCUT2D eigenvalue weighted by atomic mass is 16.5. The topological polar surface area (TPSA) is 43.4 Å². The van der Waals surface area contributed by atoms with Gasteiger partial charge in [-0.2, -0.15) is 0 Å². The molecule has 0 aliphatic rings. The summed E-state index contributed by atoms with van der Waals surface area (Å²) in [5.41, 5.74) is 0. The summed E-state index contributed by atoms with van der Waals surface area (Å²) in [6.45, 7) is 2.41. The van der Waals surface area contributed by atoms with E-state index >= 15 is 0 Å². The Balaban J connectivity index is 3.82. The van der Waals surface area contributed by atoms with Gasteiger partial charge in [0.1, 0.15) is 13.0 Å². The van der Waals surface area contributed by atoms with Crippen LogP contribution in [-0.2, 0) is 14.3 Å². The van der Waals surface area contributed by atoms with Gasteiger partial charge in [0.15, 0.2) is 5.78 Å². The fraction of sp³-hybridized carbons (Fsp3) is 0.778. The normalized spacial score (nSPS) is 11.1. The number of carbonyl (C=O) groups is 2. The number of ketones is 1. The summed E-state index contributed by atoms with van der Waals surface area (Å²) in [5, 5.41) is 0. The predicted molar refractivity (Wildman–Crippen MR) is 49.2 cm³/mol. The van der Waals surface area contributed by atoms with Crippen molar-refractivity contribution < 1.29 is 18.8 Å². The standard InChI is InChI=1S/C9H18NO3/c1-5-13-9(12)6-8(11)7-10(2,3)4/h5-7H2,1-4H3/q+1. The van der Waals surface area contributed by atoms with Gasteiger partial charge < -0.3 is 9.22 Å². The number of quaternary nitrogens is 1. The third-order valence-electron chi connectivity index (χ3n) is 1.30. The molecule has 0 saturated carbocycles. The third kappa shape index (κ3) is 7.46. The Morgan fingerprint density at radius 3 is 2.15 bits per heavy atom. The minimum Gasteiger partial charge on any atom is -0.466 e. The second-order valence-electron chi connectivity index (χ2n) is 3.97. The molecule has 0 radical (unpaired) electrons. The van der Waals surface area contributed by atoms with Crippen LogP contribution < -0.4 is 0 Å². The lowest BCUT2D eigenvalue weighted by molar-refractivity contribution is -0.862. The van der Waals surface area contributed by atoms with Crippen LogP contribution in [0.4, 0.5) is 0 Å². The molecule has 0 bridgehead atoms. The van der Waals surface area contributed by atoms with Gasteiger partial charge in [0, 0.05) is 0 Å². The van der Waals surface area contributed by atoms with E-state index in [2.05, 4.69) is 4.74 Å². The number of esters is 1. The van der Waals surface area contributed by atoms with Crippen LogP contribution in [0.3, 0.4) is 0 Å². The van der Waals surface area contributed by atoms with Gasteiger partial charge in [0.25, 0.3) is 0 Å². The van der Waals surface area contributed by atoms with Crippen LogP contribution >= 0.6 is 0 Å². The first-order valence-corrected chi connectivity index (χ1v) is 4.33. The molecule has 0 aromatic rings. The molecular formula is C9H18NO3+. The van der Waals surface area contributed by atoms with Crippen LogP contribution in [0, 0.1) is 0 Å². The Labute approximate surface area is 79.1 Å². The van der Waals surface area contributed by atoms with Crippen LogP contribution in [0.25, 0.3) is 0 Å². The molecule has 0 N–H and O–H groups in total. The minimum atomic E-state index is -0.430. The van der Waals surface area contributed by atoms with E-state index in [0.717, 1.165) is 0 Å². The number of Topliss-reactive ketones (excluding diaryl/α,β-unsaturated/α-hetero) is 1. The van der Waals surface area contributed by atoms with E-state index in [1.807, 2.05) is 21.1 Å². The highest BCUT2D eigenvalue weighted by molar-refractivity contribution is 5.96. The van der Waals surface area contributed by atoms with Crippen LogP contribution in [0.1, 0.15) is 13.3 Å². The van der Waals surface area contributed by atoms with Gasteiger partial charge in [0.05, 0.1) is 27.7 Å². The fourth-order valence-corrected chi connectivity index (χ4v) is 0.958. The van der Waals surface area contributed by atoms with E-state index in [4.69, 9.17) is 0 Å². The van der Waals surface area contributed by atoms with E-state index < -0.39 is 5.97 Å².